The van der Waals surface area contributed by atoms with Crippen LogP contribution in [0.1, 0.15) is 80.0 Å². The van der Waals surface area contributed by atoms with Crippen LogP contribution in [-0.2, 0) is 12.8 Å². The minimum atomic E-state index is -0.406. The molecule has 3 heteroatoms. The van der Waals surface area contributed by atoms with Crippen LogP contribution in [0.25, 0.3) is 0 Å². The van der Waals surface area contributed by atoms with E-state index < -0.39 is 11.6 Å². The van der Waals surface area contributed by atoms with Crippen LogP contribution in [0.2, 0.25) is 0 Å². The summed E-state index contributed by atoms with van der Waals surface area (Å²) in [5, 5.41) is 0. The highest BCUT2D eigenvalue weighted by molar-refractivity contribution is 5.31. The summed E-state index contributed by atoms with van der Waals surface area (Å²) in [6.07, 6.45) is 6.81. The van der Waals surface area contributed by atoms with Gasteiger partial charge in [0.2, 0.25) is 0 Å². The molecular weight excluding hydrogens is 426 g/mol. The minimum Gasteiger partial charge on any atom is -0.494 e. The summed E-state index contributed by atoms with van der Waals surface area (Å²) in [5.41, 5.74) is 3.48. The predicted octanol–water partition coefficient (Wildman–Crippen LogP) is 8.62. The highest BCUT2D eigenvalue weighted by Gasteiger charge is 2.23. The highest BCUT2D eigenvalue weighted by atomic mass is 19.1. The number of rotatable bonds is 9. The zero-order valence-corrected chi connectivity index (χ0v) is 20.4. The van der Waals surface area contributed by atoms with Crippen LogP contribution >= 0.6 is 0 Å². The zero-order chi connectivity index (χ0) is 23.9. The third-order valence-electron chi connectivity index (χ3n) is 7.43. The van der Waals surface area contributed by atoms with E-state index in [4.69, 9.17) is 4.74 Å². The average Bonchev–Trinajstić information content (AvgIpc) is 2.86. The van der Waals surface area contributed by atoms with Crippen molar-refractivity contribution in [3.63, 3.8) is 0 Å². The zero-order valence-electron chi connectivity index (χ0n) is 20.4. The Bertz CT molecular complexity index is 1010. The van der Waals surface area contributed by atoms with Crippen LogP contribution in [-0.4, -0.2) is 6.61 Å². The molecule has 0 N–H and O–H groups in total. The fraction of sp³-hybridized carbons (Fsp3) is 0.419. The molecule has 0 saturated heterocycles. The Balaban J connectivity index is 1.28. The van der Waals surface area contributed by atoms with Crippen LogP contribution in [0.5, 0.6) is 5.75 Å². The number of benzene rings is 3. The molecule has 1 aliphatic carbocycles. The van der Waals surface area contributed by atoms with Gasteiger partial charge in [-0.2, -0.15) is 0 Å². The second kappa shape index (κ2) is 11.6. The van der Waals surface area contributed by atoms with Crippen LogP contribution < -0.4 is 4.74 Å². The molecule has 1 saturated carbocycles. The molecule has 4 rings (SSSR count). The smallest absolute Gasteiger partial charge is 0.129 e. The van der Waals surface area contributed by atoms with E-state index >= 15 is 0 Å². The van der Waals surface area contributed by atoms with Crippen LogP contribution in [0, 0.1) is 17.6 Å². The van der Waals surface area contributed by atoms with Crippen molar-refractivity contribution < 1.29 is 13.5 Å². The van der Waals surface area contributed by atoms with Gasteiger partial charge in [-0.1, -0.05) is 49.4 Å². The lowest BCUT2D eigenvalue weighted by atomic mass is 9.77. The highest BCUT2D eigenvalue weighted by Crippen LogP contribution is 2.38. The Labute approximate surface area is 203 Å². The first-order valence-electron chi connectivity index (χ1n) is 12.8. The van der Waals surface area contributed by atoms with E-state index in [-0.39, 0.29) is 11.5 Å². The standard InChI is InChI=1S/C31H36F2O/c1-3-34-28-17-15-27(16-18-28)26-13-11-23(12-14-26)9-10-24-20-30(32)29(31(33)21-24)19-22(2)25-7-5-4-6-8-25/h4-8,15-18,20-23,26H,3,9-14,19H2,1-2H3/t22-,23?,26?/m1/s1. The van der Waals surface area contributed by atoms with Gasteiger partial charge in [0.25, 0.3) is 0 Å². The molecule has 0 radical (unpaired) electrons. The van der Waals surface area contributed by atoms with Gasteiger partial charge in [-0.05, 0) is 111 Å². The molecule has 0 aromatic heterocycles. The first-order valence-corrected chi connectivity index (χ1v) is 12.8. The number of hydrogen-bond donors (Lipinski definition) is 0. The second-order valence-electron chi connectivity index (χ2n) is 9.81. The number of aryl methyl sites for hydroxylation is 1. The van der Waals surface area contributed by atoms with E-state index in [1.807, 2.05) is 44.2 Å². The molecule has 3 aromatic rings. The number of ether oxygens (including phenoxy) is 1. The summed E-state index contributed by atoms with van der Waals surface area (Å²) in [4.78, 5) is 0. The molecule has 0 aliphatic heterocycles. The third kappa shape index (κ3) is 6.25. The Morgan fingerprint density at radius 3 is 2.15 bits per heavy atom. The van der Waals surface area contributed by atoms with Crippen molar-refractivity contribution in [3.8, 4) is 5.75 Å². The van der Waals surface area contributed by atoms with Crippen LogP contribution in [0.4, 0.5) is 8.78 Å². The molecular formula is C31H36F2O. The monoisotopic (exact) mass is 462 g/mol. The van der Waals surface area contributed by atoms with E-state index in [1.165, 1.54) is 31.2 Å². The van der Waals surface area contributed by atoms with Gasteiger partial charge in [0.15, 0.2) is 0 Å². The molecule has 0 amide bonds. The van der Waals surface area contributed by atoms with E-state index in [9.17, 15) is 8.78 Å². The molecule has 0 heterocycles. The molecule has 1 aliphatic rings. The molecule has 34 heavy (non-hydrogen) atoms. The van der Waals surface area contributed by atoms with Gasteiger partial charge < -0.3 is 4.74 Å². The van der Waals surface area contributed by atoms with E-state index in [2.05, 4.69) is 24.3 Å². The van der Waals surface area contributed by atoms with E-state index in [1.54, 1.807) is 12.1 Å². The van der Waals surface area contributed by atoms with Crippen molar-refractivity contribution in [2.24, 2.45) is 5.92 Å². The summed E-state index contributed by atoms with van der Waals surface area (Å²) < 4.78 is 35.2. The van der Waals surface area contributed by atoms with E-state index in [0.29, 0.717) is 24.9 Å². The summed E-state index contributed by atoms with van der Waals surface area (Å²) >= 11 is 0. The molecule has 1 nitrogen and oxygen atoms in total. The first-order chi connectivity index (χ1) is 16.5. The molecule has 3 aromatic carbocycles. The number of halogens is 2. The van der Waals surface area contributed by atoms with Gasteiger partial charge in [0.1, 0.15) is 17.4 Å². The molecule has 1 fully saturated rings. The maximum absolute atomic E-state index is 14.8. The van der Waals surface area contributed by atoms with Crippen molar-refractivity contribution >= 4 is 0 Å². The van der Waals surface area contributed by atoms with Crippen molar-refractivity contribution in [1.29, 1.82) is 0 Å². The Hall–Kier alpha value is -2.68. The Morgan fingerprint density at radius 1 is 0.882 bits per heavy atom. The summed E-state index contributed by atoms with van der Waals surface area (Å²) in [6.45, 7) is 4.71. The maximum Gasteiger partial charge on any atom is 0.129 e. The lowest BCUT2D eigenvalue weighted by Gasteiger charge is -2.29. The fourth-order valence-corrected chi connectivity index (χ4v) is 5.36. The van der Waals surface area contributed by atoms with Gasteiger partial charge in [-0.15, -0.1) is 0 Å². The summed E-state index contributed by atoms with van der Waals surface area (Å²) in [6, 6.07) is 21.6. The van der Waals surface area contributed by atoms with Crippen LogP contribution in [0.3, 0.4) is 0 Å². The molecule has 1 atom stereocenters. The predicted molar refractivity (Wildman–Crippen MR) is 136 cm³/mol. The normalized spacial score (nSPS) is 19.1. The Morgan fingerprint density at radius 2 is 1.53 bits per heavy atom. The lowest BCUT2D eigenvalue weighted by Crippen LogP contribution is -2.14. The number of hydrogen-bond acceptors (Lipinski definition) is 1. The van der Waals surface area contributed by atoms with Gasteiger partial charge in [0.05, 0.1) is 6.61 Å². The van der Waals surface area contributed by atoms with Crippen molar-refractivity contribution in [1.82, 2.24) is 0 Å². The molecule has 0 unspecified atom stereocenters. The average molecular weight is 463 g/mol. The SMILES string of the molecule is CCOc1ccc(C2CCC(CCc3cc(F)c(C[C@@H](C)c4ccccc4)c(F)c3)CC2)cc1. The quantitative estimate of drug-likeness (QED) is 0.309. The largest absolute Gasteiger partial charge is 0.494 e. The fourth-order valence-electron chi connectivity index (χ4n) is 5.36. The summed E-state index contributed by atoms with van der Waals surface area (Å²) in [7, 11) is 0. The van der Waals surface area contributed by atoms with Gasteiger partial charge in [-0.3, -0.25) is 0 Å². The second-order valence-corrected chi connectivity index (χ2v) is 9.81. The van der Waals surface area contributed by atoms with Crippen molar-refractivity contribution in [2.45, 2.75) is 70.6 Å². The minimum absolute atomic E-state index is 0.0709. The van der Waals surface area contributed by atoms with E-state index in [0.717, 1.165) is 29.7 Å². The summed E-state index contributed by atoms with van der Waals surface area (Å²) in [5.74, 6) is 1.42. The molecule has 0 spiro atoms. The topological polar surface area (TPSA) is 9.23 Å². The lowest BCUT2D eigenvalue weighted by molar-refractivity contribution is 0.309. The van der Waals surface area contributed by atoms with Gasteiger partial charge in [-0.25, -0.2) is 8.78 Å². The third-order valence-corrected chi connectivity index (χ3v) is 7.43. The van der Waals surface area contributed by atoms with Gasteiger partial charge in [0, 0.05) is 5.56 Å². The Kier molecular flexibility index (Phi) is 8.37. The van der Waals surface area contributed by atoms with Gasteiger partial charge >= 0.3 is 0 Å². The maximum atomic E-state index is 14.8. The van der Waals surface area contributed by atoms with Crippen molar-refractivity contribution in [2.75, 3.05) is 6.61 Å². The first kappa shape index (κ1) is 24.4. The molecule has 0 bridgehead atoms. The molecule has 180 valence electrons. The van der Waals surface area contributed by atoms with Crippen molar-refractivity contribution in [3.05, 3.63) is 101 Å². The van der Waals surface area contributed by atoms with Crippen LogP contribution in [0.15, 0.2) is 66.7 Å².